The second-order valence-electron chi connectivity index (χ2n) is 5.74. The number of hydrogen-bond donors (Lipinski definition) is 3. The zero-order valence-corrected chi connectivity index (χ0v) is 12.3. The number of nitrogens with zero attached hydrogens (tertiary/aromatic N) is 2. The lowest BCUT2D eigenvalue weighted by molar-refractivity contribution is -0.142. The van der Waals surface area contributed by atoms with Crippen molar-refractivity contribution in [1.82, 2.24) is 15.0 Å². The van der Waals surface area contributed by atoms with Crippen LogP contribution in [0.5, 0.6) is 0 Å². The van der Waals surface area contributed by atoms with Gasteiger partial charge in [0.05, 0.1) is 11.4 Å². The van der Waals surface area contributed by atoms with Gasteiger partial charge in [-0.2, -0.15) is 0 Å². The molecule has 1 fully saturated rings. The summed E-state index contributed by atoms with van der Waals surface area (Å²) in [6.45, 7) is 2.12. The van der Waals surface area contributed by atoms with Crippen LogP contribution in [0.25, 0.3) is 11.2 Å². The largest absolute Gasteiger partial charge is 0.481 e. The third-order valence-electron chi connectivity index (χ3n) is 4.53. The van der Waals surface area contributed by atoms with E-state index in [1.165, 1.54) is 0 Å². The Morgan fingerprint density at radius 2 is 2.24 bits per heavy atom. The Bertz CT molecular complexity index is 667. The molecule has 0 radical (unpaired) electrons. The number of aromatic amines is 1. The van der Waals surface area contributed by atoms with Crippen molar-refractivity contribution < 1.29 is 9.90 Å². The van der Waals surface area contributed by atoms with Crippen LogP contribution in [0.2, 0.25) is 0 Å². The van der Waals surface area contributed by atoms with Gasteiger partial charge in [-0.1, -0.05) is 13.3 Å². The molecule has 0 spiro atoms. The predicted molar refractivity (Wildman–Crippen MR) is 80.3 cm³/mol. The fourth-order valence-electron chi connectivity index (χ4n) is 3.28. The van der Waals surface area contributed by atoms with Crippen LogP contribution in [0, 0.1) is 11.8 Å². The van der Waals surface area contributed by atoms with Gasteiger partial charge in [-0.3, -0.25) is 4.79 Å². The van der Waals surface area contributed by atoms with E-state index < -0.39 is 5.97 Å². The van der Waals surface area contributed by atoms with Crippen molar-refractivity contribution in [2.75, 3.05) is 12.4 Å². The summed E-state index contributed by atoms with van der Waals surface area (Å²) in [6.07, 6.45) is 2.64. The van der Waals surface area contributed by atoms with E-state index in [0.717, 1.165) is 36.4 Å². The van der Waals surface area contributed by atoms with E-state index in [9.17, 15) is 9.90 Å². The molecule has 3 rings (SSSR count). The van der Waals surface area contributed by atoms with Crippen LogP contribution >= 0.6 is 0 Å². The van der Waals surface area contributed by atoms with Gasteiger partial charge in [0, 0.05) is 13.0 Å². The molecule has 2 aromatic heterocycles. The highest BCUT2D eigenvalue weighted by molar-refractivity contribution is 5.74. The zero-order chi connectivity index (χ0) is 15.0. The van der Waals surface area contributed by atoms with Crippen molar-refractivity contribution in [1.29, 1.82) is 0 Å². The fourth-order valence-corrected chi connectivity index (χ4v) is 3.28. The Kier molecular flexibility index (Phi) is 3.53. The minimum absolute atomic E-state index is 0.0420. The maximum Gasteiger partial charge on any atom is 0.307 e. The van der Waals surface area contributed by atoms with Gasteiger partial charge in [0.2, 0.25) is 0 Å². The molecule has 6 heteroatoms. The summed E-state index contributed by atoms with van der Waals surface area (Å²) in [7, 11) is 1.81. The van der Waals surface area contributed by atoms with Gasteiger partial charge in [0.15, 0.2) is 5.65 Å². The Hall–Kier alpha value is -2.11. The molecule has 1 saturated carbocycles. The number of aliphatic carboxylic acids is 1. The lowest BCUT2D eigenvalue weighted by Gasteiger charge is -2.12. The second-order valence-corrected chi connectivity index (χ2v) is 5.74. The number of hydrogen-bond acceptors (Lipinski definition) is 4. The molecule has 112 valence electrons. The minimum Gasteiger partial charge on any atom is -0.481 e. The lowest BCUT2D eigenvalue weighted by atomic mass is 9.96. The molecule has 6 nitrogen and oxygen atoms in total. The third kappa shape index (κ3) is 2.46. The Morgan fingerprint density at radius 1 is 1.43 bits per heavy atom. The summed E-state index contributed by atoms with van der Waals surface area (Å²) in [5, 5.41) is 12.4. The van der Waals surface area contributed by atoms with Crippen molar-refractivity contribution in [3.63, 3.8) is 0 Å². The number of carbonyl (C=O) groups is 1. The van der Waals surface area contributed by atoms with Crippen LogP contribution in [0.15, 0.2) is 12.1 Å². The van der Waals surface area contributed by atoms with E-state index in [0.29, 0.717) is 11.6 Å². The van der Waals surface area contributed by atoms with Gasteiger partial charge in [0.1, 0.15) is 11.6 Å². The molecule has 3 atom stereocenters. The van der Waals surface area contributed by atoms with E-state index in [4.69, 9.17) is 0 Å². The van der Waals surface area contributed by atoms with E-state index >= 15 is 0 Å². The second kappa shape index (κ2) is 5.35. The molecule has 3 N–H and O–H groups in total. The number of fused-ring (bicyclic) bond motifs is 1. The van der Waals surface area contributed by atoms with Crippen LogP contribution in [0.4, 0.5) is 5.82 Å². The van der Waals surface area contributed by atoms with Crippen LogP contribution in [0.3, 0.4) is 0 Å². The number of pyridine rings is 1. The van der Waals surface area contributed by atoms with Gasteiger partial charge < -0.3 is 15.4 Å². The summed E-state index contributed by atoms with van der Waals surface area (Å²) in [4.78, 5) is 23.7. The maximum absolute atomic E-state index is 11.5. The Labute approximate surface area is 123 Å². The summed E-state index contributed by atoms with van der Waals surface area (Å²) < 4.78 is 0. The number of carboxylic acids is 1. The quantitative estimate of drug-likeness (QED) is 0.804. The molecule has 3 unspecified atom stereocenters. The van der Waals surface area contributed by atoms with E-state index in [-0.39, 0.29) is 11.8 Å². The van der Waals surface area contributed by atoms with Crippen LogP contribution in [-0.2, 0) is 4.79 Å². The molecule has 2 heterocycles. The summed E-state index contributed by atoms with van der Waals surface area (Å²) in [5.41, 5.74) is 1.49. The van der Waals surface area contributed by atoms with Crippen molar-refractivity contribution in [2.24, 2.45) is 11.8 Å². The first-order chi connectivity index (χ1) is 10.1. The number of rotatable bonds is 4. The highest BCUT2D eigenvalue weighted by Crippen LogP contribution is 2.43. The maximum atomic E-state index is 11.5. The number of imidazole rings is 1. The number of carboxylic acid groups (broad SMARTS) is 1. The highest BCUT2D eigenvalue weighted by atomic mass is 16.4. The number of anilines is 1. The topological polar surface area (TPSA) is 90.9 Å². The molecule has 0 saturated heterocycles. The molecule has 0 bridgehead atoms. The molecule has 2 aromatic rings. The van der Waals surface area contributed by atoms with Crippen molar-refractivity contribution in [3.05, 3.63) is 18.0 Å². The van der Waals surface area contributed by atoms with Crippen molar-refractivity contribution in [3.8, 4) is 0 Å². The van der Waals surface area contributed by atoms with Crippen molar-refractivity contribution >= 4 is 23.0 Å². The molecule has 0 amide bonds. The minimum atomic E-state index is -0.722. The Morgan fingerprint density at radius 3 is 2.90 bits per heavy atom. The van der Waals surface area contributed by atoms with Gasteiger partial charge in [-0.05, 0) is 30.9 Å². The normalized spacial score (nSPS) is 25.3. The number of aromatic nitrogens is 3. The first-order valence-electron chi connectivity index (χ1n) is 7.39. The van der Waals surface area contributed by atoms with Crippen LogP contribution in [-0.4, -0.2) is 33.1 Å². The van der Waals surface area contributed by atoms with E-state index in [2.05, 4.69) is 27.2 Å². The fraction of sp³-hybridized carbons (Fsp3) is 0.533. The van der Waals surface area contributed by atoms with Crippen molar-refractivity contribution in [2.45, 2.75) is 32.1 Å². The SMILES string of the molecule is CCC1CC(C(=O)O)C(c2nc3nc(NC)ccc3[nH]2)C1. The molecular formula is C15H20N4O2. The molecular weight excluding hydrogens is 268 g/mol. The summed E-state index contributed by atoms with van der Waals surface area (Å²) >= 11 is 0. The molecule has 0 aromatic carbocycles. The lowest BCUT2D eigenvalue weighted by Crippen LogP contribution is -2.17. The van der Waals surface area contributed by atoms with Gasteiger partial charge in [-0.15, -0.1) is 0 Å². The highest BCUT2D eigenvalue weighted by Gasteiger charge is 2.40. The predicted octanol–water partition coefficient (Wildman–Crippen LogP) is 2.60. The summed E-state index contributed by atoms with van der Waals surface area (Å²) in [6, 6.07) is 3.80. The standard InChI is InChI=1S/C15H20N4O2/c1-3-8-6-9(10(7-8)15(20)21)13-17-11-4-5-12(16-2)18-14(11)19-13/h4-5,8-10H,3,6-7H2,1-2H3,(H,20,21)(H2,16,17,18,19). The van der Waals surface area contributed by atoms with Crippen LogP contribution < -0.4 is 5.32 Å². The first kappa shape index (κ1) is 13.9. The number of nitrogens with one attached hydrogen (secondary N) is 2. The monoisotopic (exact) mass is 288 g/mol. The summed E-state index contributed by atoms with van der Waals surface area (Å²) in [5.74, 6) is 0.867. The van der Waals surface area contributed by atoms with Gasteiger partial charge >= 0.3 is 5.97 Å². The molecule has 1 aliphatic rings. The first-order valence-corrected chi connectivity index (χ1v) is 7.39. The van der Waals surface area contributed by atoms with Gasteiger partial charge in [0.25, 0.3) is 0 Å². The molecule has 1 aliphatic carbocycles. The average molecular weight is 288 g/mol. The molecule has 0 aliphatic heterocycles. The number of H-pyrrole nitrogens is 1. The van der Waals surface area contributed by atoms with Gasteiger partial charge in [-0.25, -0.2) is 9.97 Å². The Balaban J connectivity index is 1.96. The zero-order valence-electron chi connectivity index (χ0n) is 12.3. The van der Waals surface area contributed by atoms with E-state index in [1.807, 2.05) is 19.2 Å². The average Bonchev–Trinajstić information content (AvgIpc) is 3.09. The smallest absolute Gasteiger partial charge is 0.307 e. The third-order valence-corrected chi connectivity index (χ3v) is 4.53. The van der Waals surface area contributed by atoms with E-state index in [1.54, 1.807) is 0 Å². The van der Waals surface area contributed by atoms with Crippen LogP contribution in [0.1, 0.15) is 37.9 Å². The molecule has 21 heavy (non-hydrogen) atoms.